The molecule has 1 aromatic carbocycles. The second-order valence-electron chi connectivity index (χ2n) is 6.30. The van der Waals surface area contributed by atoms with Crippen LogP contribution < -0.4 is 5.73 Å². The average Bonchev–Trinajstić information content (AvgIpc) is 2.92. The molecule has 0 unspecified atom stereocenters. The van der Waals surface area contributed by atoms with Gasteiger partial charge in [-0.3, -0.25) is 10.00 Å². The first-order valence-electron chi connectivity index (χ1n) is 7.70. The molecule has 0 bridgehead atoms. The number of nitrogens with zero attached hydrogens (tertiary/aromatic N) is 2. The molecule has 2 aromatic rings. The molecule has 4 heteroatoms. The van der Waals surface area contributed by atoms with Gasteiger partial charge < -0.3 is 5.73 Å². The molecule has 2 heterocycles. The van der Waals surface area contributed by atoms with E-state index in [1.807, 2.05) is 6.20 Å². The SMILES string of the molecule is Cc1ccc(-c2[nH]ncc2CN2CC[C@@H](N)[C@@H](C)C2)cc1. The summed E-state index contributed by atoms with van der Waals surface area (Å²) >= 11 is 0. The lowest BCUT2D eigenvalue weighted by atomic mass is 9.94. The Labute approximate surface area is 126 Å². The van der Waals surface area contributed by atoms with Crippen molar-refractivity contribution < 1.29 is 0 Å². The van der Waals surface area contributed by atoms with Crippen molar-refractivity contribution in [3.05, 3.63) is 41.6 Å². The van der Waals surface area contributed by atoms with Gasteiger partial charge in [0.25, 0.3) is 0 Å². The van der Waals surface area contributed by atoms with Crippen LogP contribution in [0.4, 0.5) is 0 Å². The number of nitrogens with one attached hydrogen (secondary N) is 1. The minimum absolute atomic E-state index is 0.349. The summed E-state index contributed by atoms with van der Waals surface area (Å²) in [7, 11) is 0. The lowest BCUT2D eigenvalue weighted by molar-refractivity contribution is 0.158. The zero-order valence-corrected chi connectivity index (χ0v) is 12.8. The molecular weight excluding hydrogens is 260 g/mol. The van der Waals surface area contributed by atoms with Crippen LogP contribution in [0.2, 0.25) is 0 Å². The molecule has 1 aliphatic rings. The second-order valence-corrected chi connectivity index (χ2v) is 6.30. The number of rotatable bonds is 3. The molecule has 0 amide bonds. The highest BCUT2D eigenvalue weighted by Gasteiger charge is 2.23. The van der Waals surface area contributed by atoms with Crippen molar-refractivity contribution in [3.8, 4) is 11.3 Å². The third-order valence-corrected chi connectivity index (χ3v) is 4.51. The van der Waals surface area contributed by atoms with E-state index >= 15 is 0 Å². The van der Waals surface area contributed by atoms with Crippen LogP contribution in [0.5, 0.6) is 0 Å². The van der Waals surface area contributed by atoms with Crippen LogP contribution >= 0.6 is 0 Å². The monoisotopic (exact) mass is 284 g/mol. The average molecular weight is 284 g/mol. The van der Waals surface area contributed by atoms with Crippen molar-refractivity contribution in [2.24, 2.45) is 11.7 Å². The molecule has 1 saturated heterocycles. The number of likely N-dealkylation sites (tertiary alicyclic amines) is 1. The molecule has 0 aliphatic carbocycles. The Hall–Kier alpha value is -1.65. The Morgan fingerprint density at radius 1 is 1.33 bits per heavy atom. The number of hydrogen-bond donors (Lipinski definition) is 2. The summed E-state index contributed by atoms with van der Waals surface area (Å²) in [4.78, 5) is 2.48. The van der Waals surface area contributed by atoms with E-state index in [1.165, 1.54) is 16.7 Å². The normalized spacial score (nSPS) is 23.4. The van der Waals surface area contributed by atoms with E-state index in [-0.39, 0.29) is 0 Å². The van der Waals surface area contributed by atoms with Crippen LogP contribution in [0.1, 0.15) is 24.5 Å². The molecule has 4 nitrogen and oxygen atoms in total. The van der Waals surface area contributed by atoms with Gasteiger partial charge in [-0.05, 0) is 31.4 Å². The van der Waals surface area contributed by atoms with Crippen LogP contribution in [0.25, 0.3) is 11.3 Å². The molecule has 21 heavy (non-hydrogen) atoms. The van der Waals surface area contributed by atoms with Crippen LogP contribution in [0.3, 0.4) is 0 Å². The van der Waals surface area contributed by atoms with Crippen LogP contribution in [-0.4, -0.2) is 34.2 Å². The fraction of sp³-hybridized carbons (Fsp3) is 0.471. The summed E-state index contributed by atoms with van der Waals surface area (Å²) in [5, 5.41) is 7.39. The lowest BCUT2D eigenvalue weighted by Crippen LogP contribution is -2.45. The van der Waals surface area contributed by atoms with Gasteiger partial charge >= 0.3 is 0 Å². The molecule has 112 valence electrons. The molecule has 0 radical (unpaired) electrons. The fourth-order valence-electron chi connectivity index (χ4n) is 3.04. The van der Waals surface area contributed by atoms with E-state index in [9.17, 15) is 0 Å². The summed E-state index contributed by atoms with van der Waals surface area (Å²) in [5.41, 5.74) is 11.0. The van der Waals surface area contributed by atoms with Gasteiger partial charge in [0, 0.05) is 24.7 Å². The van der Waals surface area contributed by atoms with E-state index < -0.39 is 0 Å². The third-order valence-electron chi connectivity index (χ3n) is 4.51. The first-order valence-corrected chi connectivity index (χ1v) is 7.70. The van der Waals surface area contributed by atoms with Crippen molar-refractivity contribution in [1.82, 2.24) is 15.1 Å². The van der Waals surface area contributed by atoms with Gasteiger partial charge in [-0.15, -0.1) is 0 Å². The van der Waals surface area contributed by atoms with E-state index in [1.54, 1.807) is 0 Å². The minimum Gasteiger partial charge on any atom is -0.327 e. The molecule has 1 fully saturated rings. The predicted molar refractivity (Wildman–Crippen MR) is 85.8 cm³/mol. The molecule has 3 N–H and O–H groups in total. The van der Waals surface area contributed by atoms with Gasteiger partial charge in [-0.25, -0.2) is 0 Å². The van der Waals surface area contributed by atoms with Gasteiger partial charge in [-0.1, -0.05) is 36.8 Å². The number of aromatic amines is 1. The highest BCUT2D eigenvalue weighted by atomic mass is 15.2. The Balaban J connectivity index is 1.75. The number of H-pyrrole nitrogens is 1. The van der Waals surface area contributed by atoms with E-state index in [0.717, 1.165) is 31.7 Å². The largest absolute Gasteiger partial charge is 0.327 e. The second kappa shape index (κ2) is 6.00. The predicted octanol–water partition coefficient (Wildman–Crippen LogP) is 2.55. The van der Waals surface area contributed by atoms with Crippen molar-refractivity contribution in [1.29, 1.82) is 0 Å². The zero-order valence-electron chi connectivity index (χ0n) is 12.8. The van der Waals surface area contributed by atoms with Gasteiger partial charge in [0.1, 0.15) is 0 Å². The molecular formula is C17H24N4. The topological polar surface area (TPSA) is 57.9 Å². The highest BCUT2D eigenvalue weighted by molar-refractivity contribution is 5.62. The molecule has 2 atom stereocenters. The Morgan fingerprint density at radius 2 is 2.10 bits per heavy atom. The summed E-state index contributed by atoms with van der Waals surface area (Å²) in [6, 6.07) is 8.94. The maximum Gasteiger partial charge on any atom is 0.0695 e. The Bertz CT molecular complexity index is 587. The quantitative estimate of drug-likeness (QED) is 0.910. The van der Waals surface area contributed by atoms with Gasteiger partial charge in [0.2, 0.25) is 0 Å². The minimum atomic E-state index is 0.349. The summed E-state index contributed by atoms with van der Waals surface area (Å²) < 4.78 is 0. The maximum absolute atomic E-state index is 6.10. The summed E-state index contributed by atoms with van der Waals surface area (Å²) in [5.74, 6) is 0.563. The summed E-state index contributed by atoms with van der Waals surface area (Å²) in [6.07, 6.45) is 3.03. The molecule has 0 spiro atoms. The van der Waals surface area contributed by atoms with Crippen LogP contribution in [-0.2, 0) is 6.54 Å². The number of aryl methyl sites for hydroxylation is 1. The van der Waals surface area contributed by atoms with Crippen LogP contribution in [0.15, 0.2) is 30.5 Å². The molecule has 0 saturated carbocycles. The summed E-state index contributed by atoms with van der Waals surface area (Å²) in [6.45, 7) is 7.43. The van der Waals surface area contributed by atoms with Crippen molar-refractivity contribution in [2.75, 3.05) is 13.1 Å². The first kappa shape index (κ1) is 14.3. The Kier molecular flexibility index (Phi) is 4.08. The van der Waals surface area contributed by atoms with E-state index in [0.29, 0.717) is 12.0 Å². The van der Waals surface area contributed by atoms with Crippen molar-refractivity contribution >= 4 is 0 Å². The first-order chi connectivity index (χ1) is 10.1. The van der Waals surface area contributed by atoms with Crippen molar-refractivity contribution in [3.63, 3.8) is 0 Å². The smallest absolute Gasteiger partial charge is 0.0695 e. The van der Waals surface area contributed by atoms with E-state index in [2.05, 4.69) is 53.2 Å². The standard InChI is InChI=1S/C17H24N4/c1-12-3-5-14(6-4-12)17-15(9-19-20-17)11-21-8-7-16(18)13(2)10-21/h3-6,9,13,16H,7-8,10-11,18H2,1-2H3,(H,19,20)/t13-,16+/m0/s1. The maximum atomic E-state index is 6.10. The number of aromatic nitrogens is 2. The Morgan fingerprint density at radius 3 is 2.81 bits per heavy atom. The van der Waals surface area contributed by atoms with Gasteiger partial charge in [0.15, 0.2) is 0 Å². The fourth-order valence-corrected chi connectivity index (χ4v) is 3.04. The number of piperidine rings is 1. The molecule has 1 aliphatic heterocycles. The zero-order chi connectivity index (χ0) is 14.8. The number of nitrogens with two attached hydrogens (primary N) is 1. The third kappa shape index (κ3) is 3.17. The number of benzene rings is 1. The lowest BCUT2D eigenvalue weighted by Gasteiger charge is -2.35. The number of hydrogen-bond acceptors (Lipinski definition) is 3. The van der Waals surface area contributed by atoms with Crippen LogP contribution in [0, 0.1) is 12.8 Å². The molecule has 1 aromatic heterocycles. The molecule has 3 rings (SSSR count). The van der Waals surface area contributed by atoms with Crippen molar-refractivity contribution in [2.45, 2.75) is 32.9 Å². The van der Waals surface area contributed by atoms with Gasteiger partial charge in [0.05, 0.1) is 11.9 Å². The highest BCUT2D eigenvalue weighted by Crippen LogP contribution is 2.24. The van der Waals surface area contributed by atoms with Gasteiger partial charge in [-0.2, -0.15) is 5.10 Å². The van der Waals surface area contributed by atoms with E-state index in [4.69, 9.17) is 5.73 Å².